The Hall–Kier alpha value is -1.72. The fraction of sp³-hybridized carbons (Fsp3) is 0.632. The minimum Gasteiger partial charge on any atom is -0.491 e. The predicted molar refractivity (Wildman–Crippen MR) is 106 cm³/mol. The monoisotopic (exact) mass is 427 g/mol. The summed E-state index contributed by atoms with van der Waals surface area (Å²) in [6.07, 6.45) is -0.671. The number of carbonyl (C=O) groups excluding carboxylic acids is 1. The second-order valence-corrected chi connectivity index (χ2v) is 9.20. The van der Waals surface area contributed by atoms with Crippen LogP contribution in [0.15, 0.2) is 29.2 Å². The number of sulfonamides is 1. The normalized spacial score (nSPS) is 20.4. The summed E-state index contributed by atoms with van der Waals surface area (Å²) in [4.78, 5) is 15.5. The third-order valence-electron chi connectivity index (χ3n) is 5.16. The van der Waals surface area contributed by atoms with Crippen molar-refractivity contribution >= 4 is 15.9 Å². The van der Waals surface area contributed by atoms with Gasteiger partial charge in [0.05, 0.1) is 18.1 Å². The van der Waals surface area contributed by atoms with Crippen molar-refractivity contribution in [2.24, 2.45) is 0 Å². The minimum atomic E-state index is -3.53. The molecular formula is C19H29N3O6S. The minimum absolute atomic E-state index is 0.0765. The quantitative estimate of drug-likeness (QED) is 0.633. The SMILES string of the molecule is CC(=O)N1CCN(CC(O)COc2ccc(S(=O)(=O)N3CCOCC3)cc2)CC1. The molecule has 0 saturated carbocycles. The molecule has 2 saturated heterocycles. The van der Waals surface area contributed by atoms with Crippen LogP contribution < -0.4 is 4.74 Å². The van der Waals surface area contributed by atoms with Crippen molar-refractivity contribution in [3.05, 3.63) is 24.3 Å². The number of benzene rings is 1. The van der Waals surface area contributed by atoms with E-state index in [0.717, 1.165) is 13.1 Å². The second kappa shape index (κ2) is 9.86. The molecule has 3 rings (SSSR count). The highest BCUT2D eigenvalue weighted by molar-refractivity contribution is 7.89. The zero-order valence-corrected chi connectivity index (χ0v) is 17.5. The summed E-state index contributed by atoms with van der Waals surface area (Å²) in [5.41, 5.74) is 0. The molecule has 2 heterocycles. The Bertz CT molecular complexity index is 772. The third-order valence-corrected chi connectivity index (χ3v) is 7.07. The topological polar surface area (TPSA) is 99.6 Å². The van der Waals surface area contributed by atoms with Crippen LogP contribution in [0.2, 0.25) is 0 Å². The van der Waals surface area contributed by atoms with Crippen LogP contribution >= 0.6 is 0 Å². The van der Waals surface area contributed by atoms with Gasteiger partial charge in [-0.3, -0.25) is 9.69 Å². The Balaban J connectivity index is 1.46. The van der Waals surface area contributed by atoms with Crippen molar-refractivity contribution in [2.75, 3.05) is 65.6 Å². The van der Waals surface area contributed by atoms with Gasteiger partial charge in [-0.15, -0.1) is 0 Å². The van der Waals surface area contributed by atoms with Crippen LogP contribution in [0.1, 0.15) is 6.92 Å². The Labute approximate surface area is 171 Å². The number of ether oxygens (including phenoxy) is 2. The summed E-state index contributed by atoms with van der Waals surface area (Å²) in [5, 5.41) is 10.2. The molecule has 0 radical (unpaired) electrons. The van der Waals surface area contributed by atoms with Crippen molar-refractivity contribution in [1.29, 1.82) is 0 Å². The fourth-order valence-electron chi connectivity index (χ4n) is 3.43. The molecule has 10 heteroatoms. The lowest BCUT2D eigenvalue weighted by Crippen LogP contribution is -2.50. The van der Waals surface area contributed by atoms with Gasteiger partial charge in [0.1, 0.15) is 18.5 Å². The summed E-state index contributed by atoms with van der Waals surface area (Å²) in [6.45, 7) is 6.46. The molecule has 162 valence electrons. The molecule has 2 aliphatic rings. The molecule has 1 aromatic rings. The summed E-state index contributed by atoms with van der Waals surface area (Å²) < 4.78 is 37.5. The van der Waals surface area contributed by atoms with Crippen LogP contribution in [0, 0.1) is 0 Å². The lowest BCUT2D eigenvalue weighted by Gasteiger charge is -2.35. The van der Waals surface area contributed by atoms with Gasteiger partial charge in [0.25, 0.3) is 0 Å². The number of amides is 1. The first kappa shape index (κ1) is 22.0. The summed E-state index contributed by atoms with van der Waals surface area (Å²) in [5.74, 6) is 0.582. The van der Waals surface area contributed by atoms with Gasteiger partial charge >= 0.3 is 0 Å². The number of aliphatic hydroxyl groups excluding tert-OH is 1. The highest BCUT2D eigenvalue weighted by atomic mass is 32.2. The molecule has 29 heavy (non-hydrogen) atoms. The van der Waals surface area contributed by atoms with Gasteiger partial charge in [0.2, 0.25) is 15.9 Å². The molecule has 1 atom stereocenters. The van der Waals surface area contributed by atoms with E-state index in [1.165, 1.54) is 16.4 Å². The zero-order chi connectivity index (χ0) is 20.9. The maximum atomic E-state index is 12.6. The number of hydrogen-bond donors (Lipinski definition) is 1. The maximum absolute atomic E-state index is 12.6. The lowest BCUT2D eigenvalue weighted by molar-refractivity contribution is -0.130. The molecule has 1 aromatic carbocycles. The number of piperazine rings is 1. The number of morpholine rings is 1. The van der Waals surface area contributed by atoms with Crippen LogP contribution in [0.25, 0.3) is 0 Å². The summed E-state index contributed by atoms with van der Waals surface area (Å²) >= 11 is 0. The molecule has 0 aliphatic carbocycles. The van der Waals surface area contributed by atoms with Gasteiger partial charge < -0.3 is 19.5 Å². The van der Waals surface area contributed by atoms with Crippen LogP contribution in [0.5, 0.6) is 5.75 Å². The van der Waals surface area contributed by atoms with Gasteiger partial charge in [-0.25, -0.2) is 8.42 Å². The van der Waals surface area contributed by atoms with Crippen LogP contribution in [0.4, 0.5) is 0 Å². The van der Waals surface area contributed by atoms with Gasteiger partial charge in [-0.1, -0.05) is 0 Å². The number of hydrogen-bond acceptors (Lipinski definition) is 7. The van der Waals surface area contributed by atoms with Crippen molar-refractivity contribution in [2.45, 2.75) is 17.9 Å². The third kappa shape index (κ3) is 5.89. The standard InChI is InChI=1S/C19H29N3O6S/c1-16(23)21-8-6-20(7-9-21)14-17(24)15-28-18-2-4-19(5-3-18)29(25,26)22-10-12-27-13-11-22/h2-5,17,24H,6-15H2,1H3. The summed E-state index contributed by atoms with van der Waals surface area (Å²) in [6, 6.07) is 6.25. The molecule has 2 aliphatic heterocycles. The van der Waals surface area contributed by atoms with Gasteiger partial charge in [-0.2, -0.15) is 4.31 Å². The van der Waals surface area contributed by atoms with Gasteiger partial charge in [-0.05, 0) is 24.3 Å². The van der Waals surface area contributed by atoms with Crippen molar-refractivity contribution < 1.29 is 27.8 Å². The molecular weight excluding hydrogens is 398 g/mol. The van der Waals surface area contributed by atoms with Crippen LogP contribution in [-0.2, 0) is 19.6 Å². The Morgan fingerprint density at radius 1 is 1.10 bits per heavy atom. The molecule has 9 nitrogen and oxygen atoms in total. The lowest BCUT2D eigenvalue weighted by atomic mass is 10.2. The van der Waals surface area contributed by atoms with Crippen LogP contribution in [0.3, 0.4) is 0 Å². The molecule has 1 N–H and O–H groups in total. The Morgan fingerprint density at radius 3 is 2.31 bits per heavy atom. The number of nitrogens with zero attached hydrogens (tertiary/aromatic N) is 3. The smallest absolute Gasteiger partial charge is 0.243 e. The first-order valence-electron chi connectivity index (χ1n) is 9.83. The highest BCUT2D eigenvalue weighted by Crippen LogP contribution is 2.20. The van der Waals surface area contributed by atoms with E-state index in [2.05, 4.69) is 4.90 Å². The van der Waals surface area contributed by atoms with E-state index in [4.69, 9.17) is 9.47 Å². The largest absolute Gasteiger partial charge is 0.491 e. The molecule has 0 aromatic heterocycles. The average molecular weight is 428 g/mol. The molecule has 0 bridgehead atoms. The number of β-amino-alcohol motifs (C(OH)–C–C–N with tert-alkyl or cyclic N) is 1. The predicted octanol–water partition coefficient (Wildman–Crippen LogP) is -0.389. The van der Waals surface area contributed by atoms with Crippen molar-refractivity contribution in [1.82, 2.24) is 14.1 Å². The van der Waals surface area contributed by atoms with Crippen molar-refractivity contribution in [3.8, 4) is 5.75 Å². The Morgan fingerprint density at radius 2 is 1.72 bits per heavy atom. The zero-order valence-electron chi connectivity index (χ0n) is 16.7. The van der Waals surface area contributed by atoms with E-state index < -0.39 is 16.1 Å². The second-order valence-electron chi connectivity index (χ2n) is 7.26. The van der Waals surface area contributed by atoms with Gasteiger partial charge in [0, 0.05) is 52.7 Å². The van der Waals surface area contributed by atoms with E-state index in [-0.39, 0.29) is 17.4 Å². The van der Waals surface area contributed by atoms with Crippen LogP contribution in [-0.4, -0.2) is 105 Å². The van der Waals surface area contributed by atoms with Crippen molar-refractivity contribution in [3.63, 3.8) is 0 Å². The van der Waals surface area contributed by atoms with E-state index >= 15 is 0 Å². The molecule has 2 fully saturated rings. The van der Waals surface area contributed by atoms with E-state index in [0.29, 0.717) is 51.7 Å². The molecule has 0 spiro atoms. The molecule has 1 amide bonds. The van der Waals surface area contributed by atoms with E-state index in [1.54, 1.807) is 24.0 Å². The number of carbonyl (C=O) groups is 1. The van der Waals surface area contributed by atoms with E-state index in [9.17, 15) is 18.3 Å². The highest BCUT2D eigenvalue weighted by Gasteiger charge is 2.26. The maximum Gasteiger partial charge on any atom is 0.243 e. The average Bonchev–Trinajstić information content (AvgIpc) is 2.73. The Kier molecular flexibility index (Phi) is 7.47. The number of aliphatic hydroxyl groups is 1. The van der Waals surface area contributed by atoms with Gasteiger partial charge in [0.15, 0.2) is 0 Å². The van der Waals surface area contributed by atoms with E-state index in [1.807, 2.05) is 0 Å². The first-order chi connectivity index (χ1) is 13.9. The number of rotatable bonds is 7. The molecule has 1 unspecified atom stereocenters. The first-order valence-corrected chi connectivity index (χ1v) is 11.3. The fourth-order valence-corrected chi connectivity index (χ4v) is 4.84. The summed E-state index contributed by atoms with van der Waals surface area (Å²) in [7, 11) is -3.53.